The van der Waals surface area contributed by atoms with Gasteiger partial charge in [0.2, 0.25) is 0 Å². The van der Waals surface area contributed by atoms with Gasteiger partial charge in [-0.3, -0.25) is 0 Å². The Balaban J connectivity index is 1.81. The molecule has 0 atom stereocenters. The second-order valence-corrected chi connectivity index (χ2v) is 5.37. The number of carbonyl (C=O) groups excluding carboxylic acids is 1. The molecule has 0 unspecified atom stereocenters. The normalized spacial score (nSPS) is 19.4. The van der Waals surface area contributed by atoms with Gasteiger partial charge >= 0.3 is 5.97 Å². The van der Waals surface area contributed by atoms with Gasteiger partial charge < -0.3 is 15.4 Å². The molecular weight excluding hydrogens is 240 g/mol. The van der Waals surface area contributed by atoms with E-state index in [0.717, 1.165) is 24.2 Å². The monoisotopic (exact) mass is 260 g/mol. The Hall–Kier alpha value is -1.71. The highest BCUT2D eigenvalue weighted by Crippen LogP contribution is 2.41. The van der Waals surface area contributed by atoms with Crippen LogP contribution >= 0.6 is 0 Å². The van der Waals surface area contributed by atoms with E-state index in [1.165, 1.54) is 19.3 Å². The first-order chi connectivity index (χ1) is 9.22. The number of esters is 1. The Bertz CT molecular complexity index is 493. The molecule has 0 saturated heterocycles. The summed E-state index contributed by atoms with van der Waals surface area (Å²) in [5.41, 5.74) is 2.73. The molecule has 1 aromatic carbocycles. The molecule has 102 valence electrons. The number of carbonyl (C=O) groups is 1. The molecule has 4 heteroatoms. The Morgan fingerprint density at radius 2 is 1.95 bits per heavy atom. The molecule has 1 aliphatic carbocycles. The highest BCUT2D eigenvalue weighted by Gasteiger charge is 2.37. The van der Waals surface area contributed by atoms with Crippen LogP contribution in [0, 0.1) is 0 Å². The molecule has 1 heterocycles. The minimum absolute atomic E-state index is 0.00781. The van der Waals surface area contributed by atoms with Crippen molar-refractivity contribution in [1.82, 2.24) is 0 Å². The summed E-state index contributed by atoms with van der Waals surface area (Å²) < 4.78 is 5.04. The van der Waals surface area contributed by atoms with Gasteiger partial charge in [-0.2, -0.15) is 0 Å². The highest BCUT2D eigenvalue weighted by atomic mass is 16.5. The van der Waals surface area contributed by atoms with Crippen molar-refractivity contribution in [3.63, 3.8) is 0 Å². The van der Waals surface area contributed by atoms with Gasteiger partial charge in [0.15, 0.2) is 0 Å². The molecule has 1 saturated carbocycles. The Kier molecular flexibility index (Phi) is 3.09. The van der Waals surface area contributed by atoms with E-state index in [-0.39, 0.29) is 11.6 Å². The molecule has 0 radical (unpaired) electrons. The number of hydrogen-bond donors (Lipinski definition) is 2. The summed E-state index contributed by atoms with van der Waals surface area (Å²) in [5, 5.41) is 7.15. The second kappa shape index (κ2) is 4.76. The molecule has 0 aromatic heterocycles. The van der Waals surface area contributed by atoms with Crippen molar-refractivity contribution in [3.05, 3.63) is 23.8 Å². The molecule has 3 rings (SSSR count). The number of anilines is 2. The van der Waals surface area contributed by atoms with Crippen LogP contribution in [0.3, 0.4) is 0 Å². The zero-order valence-electron chi connectivity index (χ0n) is 11.3. The largest absolute Gasteiger partial charge is 0.462 e. The van der Waals surface area contributed by atoms with E-state index >= 15 is 0 Å². The highest BCUT2D eigenvalue weighted by molar-refractivity contribution is 5.93. The molecule has 4 nitrogen and oxygen atoms in total. The smallest absolute Gasteiger partial charge is 0.338 e. The fraction of sp³-hybridized carbons (Fsp3) is 0.533. The van der Waals surface area contributed by atoms with E-state index < -0.39 is 0 Å². The molecule has 1 aliphatic heterocycles. The fourth-order valence-electron chi connectivity index (χ4n) is 3.05. The van der Waals surface area contributed by atoms with Gasteiger partial charge in [-0.15, -0.1) is 0 Å². The summed E-state index contributed by atoms with van der Waals surface area (Å²) in [7, 11) is 0. The van der Waals surface area contributed by atoms with Crippen molar-refractivity contribution in [2.75, 3.05) is 17.2 Å². The lowest BCUT2D eigenvalue weighted by molar-refractivity contribution is 0.0526. The molecule has 1 aromatic rings. The van der Waals surface area contributed by atoms with Crippen LogP contribution in [0.25, 0.3) is 0 Å². The topological polar surface area (TPSA) is 50.4 Å². The minimum atomic E-state index is -0.253. The Morgan fingerprint density at radius 3 is 2.68 bits per heavy atom. The number of ether oxygens (including phenoxy) is 1. The van der Waals surface area contributed by atoms with Crippen molar-refractivity contribution in [1.29, 1.82) is 0 Å². The third kappa shape index (κ3) is 2.27. The summed E-state index contributed by atoms with van der Waals surface area (Å²) in [4.78, 5) is 11.7. The summed E-state index contributed by atoms with van der Waals surface area (Å²) in [6.07, 6.45) is 6.08. The van der Waals surface area contributed by atoms with Crippen molar-refractivity contribution in [2.24, 2.45) is 0 Å². The summed E-state index contributed by atoms with van der Waals surface area (Å²) in [6.45, 7) is 2.23. The molecule has 1 spiro atoms. The lowest BCUT2D eigenvalue weighted by Crippen LogP contribution is -2.43. The zero-order chi connectivity index (χ0) is 13.3. The second-order valence-electron chi connectivity index (χ2n) is 5.37. The van der Waals surface area contributed by atoms with Crippen LogP contribution in [0.2, 0.25) is 0 Å². The van der Waals surface area contributed by atoms with Gasteiger partial charge in [0.25, 0.3) is 0 Å². The summed E-state index contributed by atoms with van der Waals surface area (Å²) >= 11 is 0. The van der Waals surface area contributed by atoms with E-state index in [0.29, 0.717) is 12.2 Å². The van der Waals surface area contributed by atoms with Crippen LogP contribution in [0.4, 0.5) is 11.4 Å². The van der Waals surface area contributed by atoms with Crippen molar-refractivity contribution in [2.45, 2.75) is 44.7 Å². The van der Waals surface area contributed by atoms with Gasteiger partial charge in [-0.1, -0.05) is 6.42 Å². The maximum Gasteiger partial charge on any atom is 0.338 e. The number of hydrogen-bond acceptors (Lipinski definition) is 4. The lowest BCUT2D eigenvalue weighted by atomic mass is 9.89. The van der Waals surface area contributed by atoms with Crippen LogP contribution in [0.15, 0.2) is 18.2 Å². The summed E-state index contributed by atoms with van der Waals surface area (Å²) in [6, 6.07) is 5.69. The van der Waals surface area contributed by atoms with Crippen LogP contribution < -0.4 is 10.6 Å². The maximum absolute atomic E-state index is 11.7. The maximum atomic E-state index is 11.7. The van der Waals surface area contributed by atoms with E-state index in [4.69, 9.17) is 4.74 Å². The number of nitrogens with one attached hydrogen (secondary N) is 2. The first-order valence-corrected chi connectivity index (χ1v) is 7.10. The van der Waals surface area contributed by atoms with Crippen LogP contribution in [-0.2, 0) is 4.74 Å². The van der Waals surface area contributed by atoms with Crippen LogP contribution in [-0.4, -0.2) is 18.2 Å². The molecule has 19 heavy (non-hydrogen) atoms. The van der Waals surface area contributed by atoms with Gasteiger partial charge in [-0.25, -0.2) is 4.79 Å². The first kappa shape index (κ1) is 12.3. The predicted molar refractivity (Wildman–Crippen MR) is 75.5 cm³/mol. The third-order valence-electron chi connectivity index (χ3n) is 3.99. The van der Waals surface area contributed by atoms with Crippen molar-refractivity contribution in [3.8, 4) is 0 Å². The molecule has 1 fully saturated rings. The average molecular weight is 260 g/mol. The SMILES string of the molecule is CCOC(=O)c1ccc2c(c1)NC1(CCCCC1)N2. The molecule has 2 N–H and O–H groups in total. The van der Waals surface area contributed by atoms with Crippen LogP contribution in [0.1, 0.15) is 49.4 Å². The van der Waals surface area contributed by atoms with Crippen molar-refractivity contribution >= 4 is 17.3 Å². The number of rotatable bonds is 2. The Labute approximate surface area is 113 Å². The van der Waals surface area contributed by atoms with E-state index in [1.54, 1.807) is 0 Å². The molecular formula is C15H20N2O2. The minimum Gasteiger partial charge on any atom is -0.462 e. The van der Waals surface area contributed by atoms with E-state index in [2.05, 4.69) is 10.6 Å². The first-order valence-electron chi connectivity index (χ1n) is 7.10. The quantitative estimate of drug-likeness (QED) is 0.801. The van der Waals surface area contributed by atoms with E-state index in [9.17, 15) is 4.79 Å². The molecule has 2 aliphatic rings. The van der Waals surface area contributed by atoms with Gasteiger partial charge in [0.1, 0.15) is 5.66 Å². The standard InChI is InChI=1S/C15H20N2O2/c1-2-19-14(18)11-6-7-12-13(10-11)17-15(16-12)8-4-3-5-9-15/h6-7,10,16-17H,2-5,8-9H2,1H3. The lowest BCUT2D eigenvalue weighted by Gasteiger charge is -2.34. The predicted octanol–water partition coefficient (Wildman–Crippen LogP) is 3.36. The van der Waals surface area contributed by atoms with Gasteiger partial charge in [0, 0.05) is 0 Å². The van der Waals surface area contributed by atoms with Gasteiger partial charge in [-0.05, 0) is 50.8 Å². The molecule has 0 amide bonds. The summed E-state index contributed by atoms with van der Waals surface area (Å²) in [5.74, 6) is -0.253. The van der Waals surface area contributed by atoms with E-state index in [1.807, 2.05) is 25.1 Å². The average Bonchev–Trinajstić information content (AvgIpc) is 2.76. The zero-order valence-corrected chi connectivity index (χ0v) is 11.3. The van der Waals surface area contributed by atoms with Crippen LogP contribution in [0.5, 0.6) is 0 Å². The Morgan fingerprint density at radius 1 is 1.21 bits per heavy atom. The fourth-order valence-corrected chi connectivity index (χ4v) is 3.05. The number of benzene rings is 1. The van der Waals surface area contributed by atoms with Gasteiger partial charge in [0.05, 0.1) is 23.5 Å². The number of fused-ring (bicyclic) bond motifs is 1. The third-order valence-corrected chi connectivity index (χ3v) is 3.99. The molecule has 0 bridgehead atoms. The van der Waals surface area contributed by atoms with Crippen molar-refractivity contribution < 1.29 is 9.53 Å².